The van der Waals surface area contributed by atoms with Gasteiger partial charge in [0.1, 0.15) is 0 Å². The molecule has 0 unspecified atom stereocenters. The van der Waals surface area contributed by atoms with Gasteiger partial charge >= 0.3 is 0 Å². The molecule has 44 heavy (non-hydrogen) atoms. The van der Waals surface area contributed by atoms with E-state index < -0.39 is 19.7 Å². The first kappa shape index (κ1) is 31.3. The van der Waals surface area contributed by atoms with Gasteiger partial charge in [0.2, 0.25) is 0 Å². The Morgan fingerprint density at radius 2 is 0.591 bits per heavy atom. The van der Waals surface area contributed by atoms with E-state index in [9.17, 15) is 40.5 Å². The van der Waals surface area contributed by atoms with Gasteiger partial charge in [-0.3, -0.25) is 50.3 Å². The summed E-state index contributed by atoms with van der Waals surface area (Å²) < 4.78 is 0. The zero-order valence-electron chi connectivity index (χ0n) is 23.4. The highest BCUT2D eigenvalue weighted by Gasteiger charge is 2.23. The molecule has 14 nitrogen and oxygen atoms in total. The van der Waals surface area contributed by atoms with Crippen LogP contribution in [0.4, 0.5) is 22.7 Å². The minimum Gasteiger partial charge on any atom is -0.293 e. The zero-order valence-corrected chi connectivity index (χ0v) is 23.4. The lowest BCUT2D eigenvalue weighted by Gasteiger charge is -2.28. The Labute approximate surface area is 251 Å². The van der Waals surface area contributed by atoms with Crippen LogP contribution in [0, 0.1) is 40.5 Å². The monoisotopic (exact) mass is 600 g/mol. The molecular weight excluding hydrogens is 572 g/mol. The maximum absolute atomic E-state index is 11.7. The maximum Gasteiger partial charge on any atom is 0.273 e. The molecule has 226 valence electrons. The standard InChI is InChI=1S/C30H28N6O8/c37-33(38)27-13-5-1-9-23(27)19-31(20-24-10-2-6-14-28(24)34(39)40)17-18-32(21-25-11-3-7-15-29(25)35(41)42)22-26-12-4-8-16-30(26)36(43)44/h1-16H,17-22H2. The molecule has 0 atom stereocenters. The largest absolute Gasteiger partial charge is 0.293 e. The first-order chi connectivity index (χ1) is 21.1. The van der Waals surface area contributed by atoms with Gasteiger partial charge in [-0.05, 0) is 0 Å². The zero-order chi connectivity index (χ0) is 31.6. The molecular formula is C30H28N6O8. The molecule has 14 heteroatoms. The topological polar surface area (TPSA) is 179 Å². The Balaban J connectivity index is 1.68. The van der Waals surface area contributed by atoms with Gasteiger partial charge in [0, 0.05) is 85.8 Å². The van der Waals surface area contributed by atoms with Gasteiger partial charge in [-0.25, -0.2) is 0 Å². The van der Waals surface area contributed by atoms with Crippen molar-refractivity contribution >= 4 is 22.7 Å². The molecule has 0 aliphatic rings. The van der Waals surface area contributed by atoms with Gasteiger partial charge in [-0.1, -0.05) is 72.8 Å². The predicted octanol–water partition coefficient (Wildman–Crippen LogP) is 6.02. The molecule has 0 aliphatic heterocycles. The second kappa shape index (κ2) is 14.5. The van der Waals surface area contributed by atoms with Crippen molar-refractivity contribution in [1.82, 2.24) is 9.80 Å². The van der Waals surface area contributed by atoms with E-state index in [1.807, 2.05) is 9.80 Å². The molecule has 0 saturated carbocycles. The molecule has 0 radical (unpaired) electrons. The minimum atomic E-state index is -0.492. The SMILES string of the molecule is O=[N+]([O-])c1ccccc1CN(CCN(Cc1ccccc1[N+](=O)[O-])Cc1ccccc1[N+](=O)[O-])Cc1ccccc1[N+](=O)[O-]. The number of benzene rings is 4. The summed E-state index contributed by atoms with van der Waals surface area (Å²) in [7, 11) is 0. The van der Waals surface area contributed by atoms with Crippen LogP contribution in [0.15, 0.2) is 97.1 Å². The van der Waals surface area contributed by atoms with Crippen LogP contribution in [0.1, 0.15) is 22.3 Å². The van der Waals surface area contributed by atoms with Crippen molar-refractivity contribution in [2.45, 2.75) is 26.2 Å². The van der Waals surface area contributed by atoms with E-state index in [1.54, 1.807) is 72.8 Å². The third kappa shape index (κ3) is 8.02. The fourth-order valence-electron chi connectivity index (χ4n) is 4.97. The number of rotatable bonds is 15. The summed E-state index contributed by atoms with van der Waals surface area (Å²) in [5.41, 5.74) is 1.21. The van der Waals surface area contributed by atoms with Crippen LogP contribution in [0.2, 0.25) is 0 Å². The van der Waals surface area contributed by atoms with E-state index in [1.165, 1.54) is 24.3 Å². The fraction of sp³-hybridized carbons (Fsp3) is 0.200. The van der Waals surface area contributed by atoms with Crippen LogP contribution in [-0.4, -0.2) is 42.6 Å². The number of nitro groups is 4. The molecule has 0 bridgehead atoms. The summed E-state index contributed by atoms with van der Waals surface area (Å²) in [5.74, 6) is 0. The van der Waals surface area contributed by atoms with Crippen molar-refractivity contribution in [1.29, 1.82) is 0 Å². The third-order valence-electron chi connectivity index (χ3n) is 7.06. The average Bonchev–Trinajstić information content (AvgIpc) is 3.00. The second-order valence-electron chi connectivity index (χ2n) is 9.96. The Morgan fingerprint density at radius 3 is 0.795 bits per heavy atom. The van der Waals surface area contributed by atoms with Gasteiger partial charge in [0.05, 0.1) is 19.7 Å². The quantitative estimate of drug-likeness (QED) is 0.116. The number of nitrogens with zero attached hydrogens (tertiary/aromatic N) is 6. The van der Waals surface area contributed by atoms with Crippen molar-refractivity contribution < 1.29 is 19.7 Å². The third-order valence-corrected chi connectivity index (χ3v) is 7.06. The van der Waals surface area contributed by atoms with Gasteiger partial charge in [0.25, 0.3) is 22.7 Å². The minimum absolute atomic E-state index is 0.0774. The summed E-state index contributed by atoms with van der Waals surface area (Å²) in [5, 5.41) is 46.9. The van der Waals surface area contributed by atoms with Crippen molar-refractivity contribution in [2.75, 3.05) is 13.1 Å². The fourth-order valence-corrected chi connectivity index (χ4v) is 4.97. The van der Waals surface area contributed by atoms with E-state index in [-0.39, 0.29) is 62.0 Å². The normalized spacial score (nSPS) is 11.0. The van der Waals surface area contributed by atoms with Crippen LogP contribution < -0.4 is 0 Å². The Bertz CT molecular complexity index is 1440. The summed E-state index contributed by atoms with van der Waals surface area (Å²) in [6.45, 7) is 0.753. The number of para-hydroxylation sites is 4. The van der Waals surface area contributed by atoms with Crippen molar-refractivity contribution in [3.05, 3.63) is 160 Å². The lowest BCUT2D eigenvalue weighted by Crippen LogP contribution is -2.34. The van der Waals surface area contributed by atoms with Crippen molar-refractivity contribution in [3.63, 3.8) is 0 Å². The second-order valence-corrected chi connectivity index (χ2v) is 9.96. The van der Waals surface area contributed by atoms with Crippen molar-refractivity contribution in [3.8, 4) is 0 Å². The molecule has 0 heterocycles. The predicted molar refractivity (Wildman–Crippen MR) is 161 cm³/mol. The van der Waals surface area contributed by atoms with Gasteiger partial charge < -0.3 is 0 Å². The highest BCUT2D eigenvalue weighted by Crippen LogP contribution is 2.26. The van der Waals surface area contributed by atoms with Crippen LogP contribution in [-0.2, 0) is 26.2 Å². The van der Waals surface area contributed by atoms with Crippen LogP contribution in [0.5, 0.6) is 0 Å². The molecule has 0 spiro atoms. The van der Waals surface area contributed by atoms with Crippen LogP contribution in [0.3, 0.4) is 0 Å². The summed E-state index contributed by atoms with van der Waals surface area (Å²) in [4.78, 5) is 48.6. The molecule has 4 aromatic carbocycles. The van der Waals surface area contributed by atoms with Crippen molar-refractivity contribution in [2.24, 2.45) is 0 Å². The molecule has 0 N–H and O–H groups in total. The maximum atomic E-state index is 11.7. The first-order valence-electron chi connectivity index (χ1n) is 13.5. The molecule has 0 fully saturated rings. The van der Waals surface area contributed by atoms with E-state index >= 15 is 0 Å². The molecule has 0 saturated heterocycles. The van der Waals surface area contributed by atoms with Gasteiger partial charge in [0.15, 0.2) is 0 Å². The lowest BCUT2D eigenvalue weighted by molar-refractivity contribution is -0.386. The number of hydrogen-bond donors (Lipinski definition) is 0. The van der Waals surface area contributed by atoms with E-state index in [4.69, 9.17) is 0 Å². The molecule has 4 aromatic rings. The summed E-state index contributed by atoms with van der Waals surface area (Å²) in [6.07, 6.45) is 0. The highest BCUT2D eigenvalue weighted by molar-refractivity contribution is 5.43. The van der Waals surface area contributed by atoms with Crippen LogP contribution >= 0.6 is 0 Å². The molecule has 0 aromatic heterocycles. The Hall–Kier alpha value is -5.60. The molecule has 0 amide bonds. The summed E-state index contributed by atoms with van der Waals surface area (Å²) >= 11 is 0. The number of hydrogen-bond acceptors (Lipinski definition) is 10. The average molecular weight is 601 g/mol. The first-order valence-corrected chi connectivity index (χ1v) is 13.5. The van der Waals surface area contributed by atoms with Gasteiger partial charge in [-0.15, -0.1) is 0 Å². The van der Waals surface area contributed by atoms with E-state index in [0.717, 1.165) is 0 Å². The van der Waals surface area contributed by atoms with Crippen LogP contribution in [0.25, 0.3) is 0 Å². The van der Waals surface area contributed by atoms with E-state index in [2.05, 4.69) is 0 Å². The molecule has 4 rings (SSSR count). The summed E-state index contributed by atoms with van der Waals surface area (Å²) in [6, 6.07) is 24.9. The number of nitro benzene ring substituents is 4. The smallest absolute Gasteiger partial charge is 0.273 e. The molecule has 0 aliphatic carbocycles. The highest BCUT2D eigenvalue weighted by atomic mass is 16.6. The Morgan fingerprint density at radius 1 is 0.386 bits per heavy atom. The van der Waals surface area contributed by atoms with Gasteiger partial charge in [-0.2, -0.15) is 0 Å². The van der Waals surface area contributed by atoms with E-state index in [0.29, 0.717) is 22.3 Å². The lowest BCUT2D eigenvalue weighted by atomic mass is 10.1. The Kier molecular flexibility index (Phi) is 10.3.